The fourth-order valence-corrected chi connectivity index (χ4v) is 3.69. The standard InChI is InChI=1S/C20H20Cl3NO3/c1-20(2,27-17-5-3-14(21)4-6-17)19(25)24-7-8-26-18(12-24)13-9-15(22)11-16(23)10-13/h3-6,9-11,18H,7-8,12H2,1-2H3. The van der Waals surface area contributed by atoms with Gasteiger partial charge < -0.3 is 14.4 Å². The number of nitrogens with zero attached hydrogens (tertiary/aromatic N) is 1. The summed E-state index contributed by atoms with van der Waals surface area (Å²) in [6, 6.07) is 12.2. The third-order valence-corrected chi connectivity index (χ3v) is 5.00. The number of halogens is 3. The van der Waals surface area contributed by atoms with Crippen molar-refractivity contribution < 1.29 is 14.3 Å². The van der Waals surface area contributed by atoms with Crippen molar-refractivity contribution in [3.8, 4) is 5.75 Å². The first-order valence-corrected chi connectivity index (χ1v) is 9.69. The maximum Gasteiger partial charge on any atom is 0.266 e. The van der Waals surface area contributed by atoms with Crippen molar-refractivity contribution >= 4 is 40.7 Å². The Morgan fingerprint density at radius 2 is 1.70 bits per heavy atom. The molecule has 0 spiro atoms. The molecule has 0 saturated carbocycles. The molecule has 0 bridgehead atoms. The Balaban J connectivity index is 1.72. The van der Waals surface area contributed by atoms with E-state index < -0.39 is 5.60 Å². The molecular formula is C20H20Cl3NO3. The van der Waals surface area contributed by atoms with Crippen LogP contribution in [0.2, 0.25) is 15.1 Å². The number of carbonyl (C=O) groups is 1. The van der Waals surface area contributed by atoms with Crippen LogP contribution in [0.3, 0.4) is 0 Å². The summed E-state index contributed by atoms with van der Waals surface area (Å²) in [5.74, 6) is 0.475. The Labute approximate surface area is 173 Å². The Hall–Kier alpha value is -1.46. The Morgan fingerprint density at radius 3 is 2.33 bits per heavy atom. The number of rotatable bonds is 4. The average molecular weight is 429 g/mol. The Morgan fingerprint density at radius 1 is 1.07 bits per heavy atom. The minimum Gasteiger partial charge on any atom is -0.478 e. The SMILES string of the molecule is CC(C)(Oc1ccc(Cl)cc1)C(=O)N1CCOC(c2cc(Cl)cc(Cl)c2)C1. The van der Waals surface area contributed by atoms with Crippen LogP contribution in [0, 0.1) is 0 Å². The summed E-state index contributed by atoms with van der Waals surface area (Å²) in [6.07, 6.45) is -0.287. The van der Waals surface area contributed by atoms with Gasteiger partial charge in [0.25, 0.3) is 5.91 Å². The van der Waals surface area contributed by atoms with Gasteiger partial charge in [0.1, 0.15) is 11.9 Å². The fourth-order valence-electron chi connectivity index (χ4n) is 3.02. The number of hydrogen-bond donors (Lipinski definition) is 0. The molecular weight excluding hydrogens is 409 g/mol. The van der Waals surface area contributed by atoms with Crippen LogP contribution >= 0.6 is 34.8 Å². The first kappa shape index (κ1) is 20.3. The zero-order valence-electron chi connectivity index (χ0n) is 15.0. The predicted octanol–water partition coefficient (Wildman–Crippen LogP) is 5.40. The third kappa shape index (κ3) is 5.08. The second-order valence-corrected chi connectivity index (χ2v) is 8.19. The summed E-state index contributed by atoms with van der Waals surface area (Å²) >= 11 is 18.1. The first-order chi connectivity index (χ1) is 12.7. The quantitative estimate of drug-likeness (QED) is 0.654. The molecule has 2 aromatic carbocycles. The highest BCUT2D eigenvalue weighted by Gasteiger charge is 2.37. The number of morpholine rings is 1. The topological polar surface area (TPSA) is 38.8 Å². The summed E-state index contributed by atoms with van der Waals surface area (Å²) < 4.78 is 11.8. The molecule has 2 aromatic rings. The molecule has 0 N–H and O–H groups in total. The summed E-state index contributed by atoms with van der Waals surface area (Å²) in [7, 11) is 0. The molecule has 4 nitrogen and oxygen atoms in total. The van der Waals surface area contributed by atoms with E-state index >= 15 is 0 Å². The maximum atomic E-state index is 13.1. The monoisotopic (exact) mass is 427 g/mol. The van der Waals surface area contributed by atoms with Gasteiger partial charge in [0.15, 0.2) is 5.60 Å². The molecule has 0 aromatic heterocycles. The smallest absolute Gasteiger partial charge is 0.266 e. The van der Waals surface area contributed by atoms with Crippen LogP contribution in [-0.2, 0) is 9.53 Å². The highest BCUT2D eigenvalue weighted by molar-refractivity contribution is 6.34. The van der Waals surface area contributed by atoms with E-state index in [0.717, 1.165) is 5.56 Å². The van der Waals surface area contributed by atoms with Gasteiger partial charge in [-0.1, -0.05) is 34.8 Å². The van der Waals surface area contributed by atoms with Crippen LogP contribution in [0.25, 0.3) is 0 Å². The number of ether oxygens (including phenoxy) is 2. The lowest BCUT2D eigenvalue weighted by Gasteiger charge is -2.37. The highest BCUT2D eigenvalue weighted by atomic mass is 35.5. The lowest BCUT2D eigenvalue weighted by Crippen LogP contribution is -2.53. The van der Waals surface area contributed by atoms with Gasteiger partial charge >= 0.3 is 0 Å². The van der Waals surface area contributed by atoms with Crippen LogP contribution < -0.4 is 4.74 Å². The summed E-state index contributed by atoms with van der Waals surface area (Å²) in [5.41, 5.74) is -0.178. The van der Waals surface area contributed by atoms with Crippen LogP contribution in [0.5, 0.6) is 5.75 Å². The molecule has 1 atom stereocenters. The van der Waals surface area contributed by atoms with Gasteiger partial charge in [-0.25, -0.2) is 0 Å². The van der Waals surface area contributed by atoms with Gasteiger partial charge in [-0.15, -0.1) is 0 Å². The van der Waals surface area contributed by atoms with Crippen LogP contribution in [0.15, 0.2) is 42.5 Å². The molecule has 0 aliphatic carbocycles. The van der Waals surface area contributed by atoms with Crippen LogP contribution in [-0.4, -0.2) is 36.1 Å². The van der Waals surface area contributed by atoms with Crippen molar-refractivity contribution in [1.29, 1.82) is 0 Å². The Bertz CT molecular complexity index is 803. The van der Waals surface area contributed by atoms with Crippen molar-refractivity contribution in [2.24, 2.45) is 0 Å². The second kappa shape index (κ2) is 8.27. The number of benzene rings is 2. The fraction of sp³-hybridized carbons (Fsp3) is 0.350. The van der Waals surface area contributed by atoms with Gasteiger partial charge in [0.05, 0.1) is 13.2 Å². The lowest BCUT2D eigenvalue weighted by atomic mass is 10.0. The summed E-state index contributed by atoms with van der Waals surface area (Å²) in [6.45, 7) is 4.84. The molecule has 1 heterocycles. The third-order valence-electron chi connectivity index (χ3n) is 4.31. The summed E-state index contributed by atoms with van der Waals surface area (Å²) in [5, 5.41) is 1.69. The highest BCUT2D eigenvalue weighted by Crippen LogP contribution is 2.30. The molecule has 1 saturated heterocycles. The van der Waals surface area contributed by atoms with Crippen LogP contribution in [0.1, 0.15) is 25.5 Å². The number of amides is 1. The van der Waals surface area contributed by atoms with E-state index in [-0.39, 0.29) is 12.0 Å². The average Bonchev–Trinajstić information content (AvgIpc) is 2.62. The van der Waals surface area contributed by atoms with Crippen molar-refractivity contribution in [2.75, 3.05) is 19.7 Å². The zero-order chi connectivity index (χ0) is 19.6. The molecule has 1 aliphatic rings. The molecule has 1 fully saturated rings. The van der Waals surface area contributed by atoms with Crippen molar-refractivity contribution in [1.82, 2.24) is 4.90 Å². The maximum absolute atomic E-state index is 13.1. The van der Waals surface area contributed by atoms with Gasteiger partial charge in [-0.05, 0) is 61.9 Å². The van der Waals surface area contributed by atoms with Gasteiger partial charge in [0, 0.05) is 21.6 Å². The van der Waals surface area contributed by atoms with E-state index in [9.17, 15) is 4.79 Å². The molecule has 1 aliphatic heterocycles. The zero-order valence-corrected chi connectivity index (χ0v) is 17.3. The van der Waals surface area contributed by atoms with E-state index in [1.807, 2.05) is 0 Å². The van der Waals surface area contributed by atoms with E-state index in [0.29, 0.717) is 40.5 Å². The Kier molecular flexibility index (Phi) is 6.21. The molecule has 27 heavy (non-hydrogen) atoms. The normalized spacial score (nSPS) is 17.7. The first-order valence-electron chi connectivity index (χ1n) is 8.56. The number of carbonyl (C=O) groups excluding carboxylic acids is 1. The van der Waals surface area contributed by atoms with E-state index in [1.54, 1.807) is 61.2 Å². The van der Waals surface area contributed by atoms with E-state index in [2.05, 4.69) is 0 Å². The van der Waals surface area contributed by atoms with Gasteiger partial charge in [0.2, 0.25) is 0 Å². The molecule has 3 rings (SSSR count). The minimum atomic E-state index is -1.03. The minimum absolute atomic E-state index is 0.112. The second-order valence-electron chi connectivity index (χ2n) is 6.88. The number of hydrogen-bond acceptors (Lipinski definition) is 3. The van der Waals surface area contributed by atoms with Crippen molar-refractivity contribution in [3.05, 3.63) is 63.1 Å². The molecule has 144 valence electrons. The van der Waals surface area contributed by atoms with Crippen molar-refractivity contribution in [2.45, 2.75) is 25.6 Å². The van der Waals surface area contributed by atoms with E-state index in [1.165, 1.54) is 0 Å². The molecule has 7 heteroatoms. The largest absolute Gasteiger partial charge is 0.478 e. The summed E-state index contributed by atoms with van der Waals surface area (Å²) in [4.78, 5) is 14.8. The lowest BCUT2D eigenvalue weighted by molar-refractivity contribution is -0.153. The molecule has 1 unspecified atom stereocenters. The predicted molar refractivity (Wildman–Crippen MR) is 108 cm³/mol. The van der Waals surface area contributed by atoms with E-state index in [4.69, 9.17) is 44.3 Å². The molecule has 1 amide bonds. The van der Waals surface area contributed by atoms with Gasteiger partial charge in [-0.2, -0.15) is 0 Å². The molecule has 0 radical (unpaired) electrons. The van der Waals surface area contributed by atoms with Gasteiger partial charge in [-0.3, -0.25) is 4.79 Å². The van der Waals surface area contributed by atoms with Crippen LogP contribution in [0.4, 0.5) is 0 Å². The van der Waals surface area contributed by atoms with Crippen molar-refractivity contribution in [3.63, 3.8) is 0 Å².